The molecule has 1 aromatic carbocycles. The van der Waals surface area contributed by atoms with Crippen molar-refractivity contribution in [3.8, 4) is 0 Å². The minimum atomic E-state index is -1.31. The van der Waals surface area contributed by atoms with Gasteiger partial charge >= 0.3 is 0 Å². The van der Waals surface area contributed by atoms with Gasteiger partial charge < -0.3 is 19.5 Å². The summed E-state index contributed by atoms with van der Waals surface area (Å²) in [6.07, 6.45) is 2.74. The minimum Gasteiger partial charge on any atom is -0.550 e. The number of hydrogen-bond acceptors (Lipinski definition) is 4. The summed E-state index contributed by atoms with van der Waals surface area (Å²) < 4.78 is 19.3. The molecule has 3 heterocycles. The molecule has 0 saturated carbocycles. The lowest BCUT2D eigenvalue weighted by Crippen LogP contribution is -2.45. The van der Waals surface area contributed by atoms with Gasteiger partial charge in [-0.3, -0.25) is 4.79 Å². The number of ether oxygens (including phenoxy) is 1. The zero-order valence-electron chi connectivity index (χ0n) is 11.2. The number of hydrogen-bond donors (Lipinski definition) is 0. The third-order valence-electron chi connectivity index (χ3n) is 4.59. The van der Waals surface area contributed by atoms with E-state index in [-0.39, 0.29) is 11.6 Å². The number of fused-ring (bicyclic) bond motifs is 1. The van der Waals surface area contributed by atoms with E-state index in [4.69, 9.17) is 16.3 Å². The van der Waals surface area contributed by atoms with Crippen LogP contribution in [-0.4, -0.2) is 30.1 Å². The molecule has 4 atom stereocenters. The van der Waals surface area contributed by atoms with Gasteiger partial charge in [-0.2, -0.15) is 0 Å². The fourth-order valence-electron chi connectivity index (χ4n) is 3.64. The lowest BCUT2D eigenvalue weighted by molar-refractivity contribution is -0.313. The van der Waals surface area contributed by atoms with Gasteiger partial charge in [0, 0.05) is 17.6 Å². The molecular formula is C15H10ClFNO4-. The average Bonchev–Trinajstić information content (AvgIpc) is 3.10. The van der Waals surface area contributed by atoms with E-state index >= 15 is 0 Å². The fraction of sp³-hybridized carbons (Fsp3) is 0.333. The van der Waals surface area contributed by atoms with Crippen molar-refractivity contribution in [1.29, 1.82) is 0 Å². The molecule has 22 heavy (non-hydrogen) atoms. The first-order valence-corrected chi connectivity index (χ1v) is 7.15. The van der Waals surface area contributed by atoms with E-state index in [1.807, 2.05) is 0 Å². The molecule has 2 bridgehead atoms. The van der Waals surface area contributed by atoms with Crippen LogP contribution >= 0.6 is 11.6 Å². The van der Waals surface area contributed by atoms with Crippen LogP contribution in [0.1, 0.15) is 0 Å². The van der Waals surface area contributed by atoms with E-state index in [1.165, 1.54) is 17.0 Å². The third-order valence-corrected chi connectivity index (χ3v) is 4.89. The number of aliphatic carboxylic acids is 1. The molecule has 1 spiro atoms. The highest BCUT2D eigenvalue weighted by Gasteiger charge is 2.65. The normalized spacial score (nSPS) is 35.3. The number of halogens is 2. The van der Waals surface area contributed by atoms with Crippen LogP contribution in [0.5, 0.6) is 0 Å². The van der Waals surface area contributed by atoms with Gasteiger partial charge in [0.05, 0.1) is 23.6 Å². The maximum atomic E-state index is 13.6. The van der Waals surface area contributed by atoms with Gasteiger partial charge in [0.15, 0.2) is 0 Å². The number of anilines is 1. The summed E-state index contributed by atoms with van der Waals surface area (Å²) in [7, 11) is 0. The number of carbonyl (C=O) groups is 2. The maximum absolute atomic E-state index is 13.6. The van der Waals surface area contributed by atoms with Gasteiger partial charge in [0.25, 0.3) is 0 Å². The van der Waals surface area contributed by atoms with Gasteiger partial charge in [-0.1, -0.05) is 23.8 Å². The molecule has 0 aliphatic carbocycles. The minimum absolute atomic E-state index is 0.0431. The predicted octanol–water partition coefficient (Wildman–Crippen LogP) is 0.515. The molecule has 1 aromatic rings. The molecule has 0 unspecified atom stereocenters. The van der Waals surface area contributed by atoms with E-state index in [0.29, 0.717) is 5.69 Å². The Labute approximate surface area is 129 Å². The van der Waals surface area contributed by atoms with E-state index < -0.39 is 41.2 Å². The molecule has 5 nitrogen and oxygen atoms in total. The molecule has 2 saturated heterocycles. The maximum Gasteiger partial charge on any atom is 0.234 e. The summed E-state index contributed by atoms with van der Waals surface area (Å²) in [5.74, 6) is -4.20. The van der Waals surface area contributed by atoms with Gasteiger partial charge in [0.2, 0.25) is 5.91 Å². The quantitative estimate of drug-likeness (QED) is 0.744. The molecule has 0 aromatic heterocycles. The van der Waals surface area contributed by atoms with Crippen LogP contribution in [0, 0.1) is 17.7 Å². The largest absolute Gasteiger partial charge is 0.550 e. The molecule has 0 radical (unpaired) electrons. The van der Waals surface area contributed by atoms with Crippen molar-refractivity contribution >= 4 is 29.2 Å². The zero-order chi connectivity index (χ0) is 15.6. The first-order valence-electron chi connectivity index (χ1n) is 6.77. The standard InChI is InChI=1S/C15H11ClFNO4/c16-8-2-1-7(5-9(8)17)18-6-15-4-3-10(22-15)11(14(20)21)12(15)13(18)19/h1-5,10-12H,6H2,(H,20,21)/p-1/t10-,11-,12+,15-/m0/s1. The molecule has 1 amide bonds. The average molecular weight is 323 g/mol. The zero-order valence-corrected chi connectivity index (χ0v) is 11.9. The predicted molar refractivity (Wildman–Crippen MR) is 72.5 cm³/mol. The number of carbonyl (C=O) groups excluding carboxylic acids is 2. The molecule has 0 N–H and O–H groups in total. The summed E-state index contributed by atoms with van der Waals surface area (Å²) in [6, 6.07) is 4.03. The van der Waals surface area contributed by atoms with E-state index in [2.05, 4.69) is 0 Å². The lowest BCUT2D eigenvalue weighted by Gasteiger charge is -2.24. The molecule has 2 fully saturated rings. The Hall–Kier alpha value is -1.92. The second-order valence-electron chi connectivity index (χ2n) is 5.74. The second kappa shape index (κ2) is 4.30. The first-order chi connectivity index (χ1) is 10.4. The van der Waals surface area contributed by atoms with Crippen LogP contribution in [0.3, 0.4) is 0 Å². The van der Waals surface area contributed by atoms with Crippen LogP contribution in [-0.2, 0) is 14.3 Å². The molecule has 4 rings (SSSR count). The topological polar surface area (TPSA) is 69.7 Å². The monoisotopic (exact) mass is 322 g/mol. The number of carboxylic acid groups (broad SMARTS) is 1. The van der Waals surface area contributed by atoms with Crippen LogP contribution in [0.2, 0.25) is 5.02 Å². The van der Waals surface area contributed by atoms with Crippen LogP contribution < -0.4 is 10.0 Å². The number of amides is 1. The molecule has 3 aliphatic heterocycles. The highest BCUT2D eigenvalue weighted by Crippen LogP contribution is 2.52. The summed E-state index contributed by atoms with van der Waals surface area (Å²) in [4.78, 5) is 25.3. The van der Waals surface area contributed by atoms with Crippen LogP contribution in [0.25, 0.3) is 0 Å². The number of nitrogens with zero attached hydrogens (tertiary/aromatic N) is 1. The van der Waals surface area contributed by atoms with Crippen molar-refractivity contribution in [2.45, 2.75) is 11.7 Å². The van der Waals surface area contributed by atoms with Crippen molar-refractivity contribution in [3.05, 3.63) is 41.2 Å². The SMILES string of the molecule is O=C([O-])[C@H]1[C@@H]2C=C[C@@]3(CN(c4ccc(Cl)c(F)c4)C(=O)[C@@H]13)O2. The molecule has 114 valence electrons. The van der Waals surface area contributed by atoms with Crippen LogP contribution in [0.15, 0.2) is 30.4 Å². The molecular weight excluding hydrogens is 313 g/mol. The van der Waals surface area contributed by atoms with Crippen molar-refractivity contribution in [1.82, 2.24) is 0 Å². The van der Waals surface area contributed by atoms with Gasteiger partial charge in [-0.05, 0) is 18.2 Å². The van der Waals surface area contributed by atoms with Gasteiger partial charge in [0.1, 0.15) is 11.4 Å². The van der Waals surface area contributed by atoms with Crippen molar-refractivity contribution < 1.29 is 23.8 Å². The smallest absolute Gasteiger partial charge is 0.234 e. The van der Waals surface area contributed by atoms with Crippen LogP contribution in [0.4, 0.5) is 10.1 Å². The van der Waals surface area contributed by atoms with Crippen molar-refractivity contribution in [3.63, 3.8) is 0 Å². The molecule has 3 aliphatic rings. The van der Waals surface area contributed by atoms with Crippen molar-refractivity contribution in [2.75, 3.05) is 11.4 Å². The van der Waals surface area contributed by atoms with Gasteiger partial charge in [-0.15, -0.1) is 0 Å². The Morgan fingerprint density at radius 2 is 2.27 bits per heavy atom. The van der Waals surface area contributed by atoms with E-state index in [9.17, 15) is 19.1 Å². The van der Waals surface area contributed by atoms with E-state index in [0.717, 1.165) is 6.07 Å². The second-order valence-corrected chi connectivity index (χ2v) is 6.15. The Balaban J connectivity index is 1.74. The summed E-state index contributed by atoms with van der Waals surface area (Å²) in [5.41, 5.74) is -0.643. The Bertz CT molecular complexity index is 736. The summed E-state index contributed by atoms with van der Waals surface area (Å²) >= 11 is 5.65. The first kappa shape index (κ1) is 13.7. The third kappa shape index (κ3) is 1.62. The highest BCUT2D eigenvalue weighted by atomic mass is 35.5. The Morgan fingerprint density at radius 3 is 2.95 bits per heavy atom. The molecule has 7 heteroatoms. The number of carboxylic acids is 1. The number of rotatable bonds is 2. The fourth-order valence-corrected chi connectivity index (χ4v) is 3.76. The van der Waals surface area contributed by atoms with Gasteiger partial charge in [-0.25, -0.2) is 4.39 Å². The summed E-state index contributed by atoms with van der Waals surface area (Å²) in [5, 5.41) is 11.3. The highest BCUT2D eigenvalue weighted by molar-refractivity contribution is 6.30. The van der Waals surface area contributed by atoms with Crippen molar-refractivity contribution in [2.24, 2.45) is 11.8 Å². The summed E-state index contributed by atoms with van der Waals surface area (Å²) in [6.45, 7) is 0.147. The Morgan fingerprint density at radius 1 is 1.50 bits per heavy atom. The number of benzene rings is 1. The lowest BCUT2D eigenvalue weighted by atomic mass is 9.77. The Kier molecular flexibility index (Phi) is 2.68. The van der Waals surface area contributed by atoms with E-state index in [1.54, 1.807) is 12.2 Å².